The fraction of sp³-hybridized carbons (Fsp3) is 0.694. The first-order valence-corrected chi connectivity index (χ1v) is 28.2. The van der Waals surface area contributed by atoms with Crippen LogP contribution in [0.4, 0.5) is 0 Å². The van der Waals surface area contributed by atoms with Gasteiger partial charge in [-0.15, -0.1) is 0 Å². The molecule has 0 radical (unpaired) electrons. The Kier molecular flexibility index (Phi) is 52.9. The summed E-state index contributed by atoms with van der Waals surface area (Å²) in [6, 6.07) is 0. The van der Waals surface area contributed by atoms with Crippen LogP contribution in [0.5, 0.6) is 0 Å². The van der Waals surface area contributed by atoms with E-state index in [0.29, 0.717) is 19.3 Å². The zero-order valence-corrected chi connectivity index (χ0v) is 44.3. The van der Waals surface area contributed by atoms with Gasteiger partial charge in [-0.25, -0.2) is 0 Å². The van der Waals surface area contributed by atoms with E-state index >= 15 is 0 Å². The lowest BCUT2D eigenvalue weighted by Crippen LogP contribution is -2.30. The van der Waals surface area contributed by atoms with E-state index in [4.69, 9.17) is 14.2 Å². The van der Waals surface area contributed by atoms with Crippen molar-refractivity contribution in [1.82, 2.24) is 0 Å². The van der Waals surface area contributed by atoms with E-state index in [0.717, 1.165) is 116 Å². The van der Waals surface area contributed by atoms with Gasteiger partial charge < -0.3 is 14.2 Å². The molecule has 0 aliphatic carbocycles. The number of esters is 3. The van der Waals surface area contributed by atoms with Crippen LogP contribution < -0.4 is 0 Å². The third kappa shape index (κ3) is 53.3. The van der Waals surface area contributed by atoms with E-state index in [1.54, 1.807) is 0 Å². The van der Waals surface area contributed by atoms with Gasteiger partial charge in [-0.1, -0.05) is 214 Å². The molecule has 0 rings (SSSR count). The summed E-state index contributed by atoms with van der Waals surface area (Å²) in [7, 11) is 0. The molecule has 0 aromatic rings. The van der Waals surface area contributed by atoms with Gasteiger partial charge >= 0.3 is 17.9 Å². The van der Waals surface area contributed by atoms with Crippen molar-refractivity contribution in [2.75, 3.05) is 13.2 Å². The van der Waals surface area contributed by atoms with Crippen molar-refractivity contribution in [3.63, 3.8) is 0 Å². The molecule has 0 spiro atoms. The fourth-order valence-electron chi connectivity index (χ4n) is 7.55. The third-order valence-corrected chi connectivity index (χ3v) is 11.8. The molecule has 0 aromatic heterocycles. The molecule has 68 heavy (non-hydrogen) atoms. The molecule has 0 amide bonds. The lowest BCUT2D eigenvalue weighted by molar-refractivity contribution is -0.167. The van der Waals surface area contributed by atoms with E-state index in [9.17, 15) is 14.4 Å². The summed E-state index contributed by atoms with van der Waals surface area (Å²) in [5.41, 5.74) is 0. The fourth-order valence-corrected chi connectivity index (χ4v) is 7.55. The van der Waals surface area contributed by atoms with Crippen LogP contribution >= 0.6 is 0 Å². The minimum atomic E-state index is -0.804. The van der Waals surface area contributed by atoms with Crippen molar-refractivity contribution in [2.45, 2.75) is 264 Å². The molecule has 1 atom stereocenters. The second-order valence-corrected chi connectivity index (χ2v) is 18.5. The predicted molar refractivity (Wildman–Crippen MR) is 293 cm³/mol. The highest BCUT2D eigenvalue weighted by Crippen LogP contribution is 2.14. The van der Waals surface area contributed by atoms with Crippen LogP contribution in [0.15, 0.2) is 97.2 Å². The largest absolute Gasteiger partial charge is 0.462 e. The Morgan fingerprint density at radius 1 is 0.309 bits per heavy atom. The van der Waals surface area contributed by atoms with E-state index < -0.39 is 6.10 Å². The smallest absolute Gasteiger partial charge is 0.306 e. The summed E-state index contributed by atoms with van der Waals surface area (Å²) >= 11 is 0. The van der Waals surface area contributed by atoms with Crippen LogP contribution in [0.2, 0.25) is 0 Å². The third-order valence-electron chi connectivity index (χ3n) is 11.8. The molecule has 0 N–H and O–H groups in total. The lowest BCUT2D eigenvalue weighted by atomic mass is 10.1. The molecule has 6 heteroatoms. The Morgan fingerprint density at radius 3 is 0.941 bits per heavy atom. The Bertz CT molecular complexity index is 1360. The van der Waals surface area contributed by atoms with Gasteiger partial charge in [-0.05, 0) is 122 Å². The second kappa shape index (κ2) is 55.9. The van der Waals surface area contributed by atoms with Gasteiger partial charge in [0.25, 0.3) is 0 Å². The van der Waals surface area contributed by atoms with E-state index in [1.165, 1.54) is 103 Å². The van der Waals surface area contributed by atoms with Gasteiger partial charge in [0.1, 0.15) is 13.2 Å². The zero-order chi connectivity index (χ0) is 49.3. The Morgan fingerprint density at radius 2 is 0.574 bits per heavy atom. The van der Waals surface area contributed by atoms with Crippen LogP contribution in [0, 0.1) is 0 Å². The maximum Gasteiger partial charge on any atom is 0.306 e. The maximum absolute atomic E-state index is 12.8. The standard InChI is InChI=1S/C62H104O6/c1-4-7-10-13-16-19-22-25-28-29-30-31-32-33-35-37-40-43-46-49-52-55-61(64)67-58-59(57-66-60(63)54-51-48-45-42-39-36-27-24-21-18-15-12-9-6-3)68-62(65)56-53-50-47-44-41-38-34-26-23-20-17-14-11-8-5-2/h7,10,16,19,24-28,30-31,33-35,40,43,59H,4-6,8-9,11-15,17-18,20-23,29,32,36-39,41-42,44-58H2,1-3H3/b10-7-,19-16-,27-24-,28-25-,31-30-,34-26-,35-33-,43-40-. The van der Waals surface area contributed by atoms with Gasteiger partial charge in [-0.2, -0.15) is 0 Å². The zero-order valence-electron chi connectivity index (χ0n) is 44.3. The number of hydrogen-bond donors (Lipinski definition) is 0. The number of ether oxygens (including phenoxy) is 3. The quantitative estimate of drug-likeness (QED) is 0.0262. The number of rotatable bonds is 50. The molecule has 6 nitrogen and oxygen atoms in total. The molecule has 0 aromatic carbocycles. The predicted octanol–water partition coefficient (Wildman–Crippen LogP) is 18.9. The van der Waals surface area contributed by atoms with Gasteiger partial charge in [0, 0.05) is 19.3 Å². The molecule has 0 fully saturated rings. The van der Waals surface area contributed by atoms with Crippen LogP contribution in [0.3, 0.4) is 0 Å². The molecule has 0 saturated carbocycles. The Balaban J connectivity index is 4.48. The highest BCUT2D eigenvalue weighted by Gasteiger charge is 2.19. The normalized spacial score (nSPS) is 12.8. The van der Waals surface area contributed by atoms with Crippen LogP contribution in [0.1, 0.15) is 258 Å². The monoisotopic (exact) mass is 945 g/mol. The highest BCUT2D eigenvalue weighted by molar-refractivity contribution is 5.71. The number of carbonyl (C=O) groups is 3. The van der Waals surface area contributed by atoms with Crippen molar-refractivity contribution in [1.29, 1.82) is 0 Å². The summed E-state index contributed by atoms with van der Waals surface area (Å²) in [6.07, 6.45) is 73.9. The van der Waals surface area contributed by atoms with E-state index in [-0.39, 0.29) is 31.1 Å². The number of allylic oxidation sites excluding steroid dienone is 16. The summed E-state index contributed by atoms with van der Waals surface area (Å²) in [5.74, 6) is -0.959. The summed E-state index contributed by atoms with van der Waals surface area (Å²) in [4.78, 5) is 38.1. The Hall–Kier alpha value is -3.67. The van der Waals surface area contributed by atoms with Crippen LogP contribution in [-0.4, -0.2) is 37.2 Å². The molecule has 0 aliphatic heterocycles. The Labute approximate surface area is 419 Å². The first kappa shape index (κ1) is 64.3. The van der Waals surface area contributed by atoms with Gasteiger partial charge in [0.05, 0.1) is 0 Å². The number of unbranched alkanes of at least 4 members (excludes halogenated alkanes) is 23. The number of hydrogen-bond acceptors (Lipinski definition) is 6. The average molecular weight is 946 g/mol. The molecule has 0 saturated heterocycles. The first-order valence-electron chi connectivity index (χ1n) is 28.2. The van der Waals surface area contributed by atoms with Crippen LogP contribution in [0.25, 0.3) is 0 Å². The molecule has 0 bridgehead atoms. The van der Waals surface area contributed by atoms with Gasteiger partial charge in [0.2, 0.25) is 0 Å². The topological polar surface area (TPSA) is 78.9 Å². The summed E-state index contributed by atoms with van der Waals surface area (Å²) in [6.45, 7) is 6.46. The van der Waals surface area contributed by atoms with Crippen molar-refractivity contribution in [3.8, 4) is 0 Å². The lowest BCUT2D eigenvalue weighted by Gasteiger charge is -2.18. The van der Waals surface area contributed by atoms with Crippen molar-refractivity contribution >= 4 is 17.9 Å². The molecule has 388 valence electrons. The van der Waals surface area contributed by atoms with Crippen molar-refractivity contribution < 1.29 is 28.6 Å². The second-order valence-electron chi connectivity index (χ2n) is 18.5. The van der Waals surface area contributed by atoms with Gasteiger partial charge in [-0.3, -0.25) is 14.4 Å². The summed E-state index contributed by atoms with van der Waals surface area (Å²) < 4.78 is 16.8. The first-order chi connectivity index (χ1) is 33.5. The minimum absolute atomic E-state index is 0.0994. The minimum Gasteiger partial charge on any atom is -0.462 e. The SMILES string of the molecule is CC/C=C\C/C=C\C/C=C\C/C=C\C/C=C\C/C=C\CCCCC(=O)OCC(COC(=O)CCCCCCC/C=C\CCCCCCC)OC(=O)CCCCCCC/C=C\CCCCCCCC. The number of carbonyl (C=O) groups excluding carboxylic acids is 3. The highest BCUT2D eigenvalue weighted by atomic mass is 16.6. The van der Waals surface area contributed by atoms with E-state index in [2.05, 4.69) is 118 Å². The molecular weight excluding hydrogens is 841 g/mol. The van der Waals surface area contributed by atoms with E-state index in [1.807, 2.05) is 0 Å². The maximum atomic E-state index is 12.8. The van der Waals surface area contributed by atoms with Crippen molar-refractivity contribution in [2.24, 2.45) is 0 Å². The average Bonchev–Trinajstić information content (AvgIpc) is 3.34. The molecule has 1 unspecified atom stereocenters. The molecular formula is C62H104O6. The van der Waals surface area contributed by atoms with Crippen molar-refractivity contribution in [3.05, 3.63) is 97.2 Å². The summed E-state index contributed by atoms with van der Waals surface area (Å²) in [5, 5.41) is 0. The van der Waals surface area contributed by atoms with Gasteiger partial charge in [0.15, 0.2) is 6.10 Å². The van der Waals surface area contributed by atoms with Crippen LogP contribution in [-0.2, 0) is 28.6 Å². The molecule has 0 aliphatic rings. The molecule has 0 heterocycles.